The standard InChI is InChI=1S/C54H36N2O/c1-54(41-18-6-3-7-19-41)47-24-10-8-20-42(47)44-22-13-23-45(52(44)54)49-34-48(55-53(56-49)37-14-4-2-5-15-37)40-17-12-16-38(32-40)35-26-28-36(29-27-35)39-30-31-51-46(33-39)43-21-9-11-25-50(43)57-51/h2-34H,1H3. The van der Waals surface area contributed by atoms with Crippen molar-refractivity contribution in [2.45, 2.75) is 12.3 Å². The average molecular weight is 729 g/mol. The molecule has 1 aliphatic rings. The summed E-state index contributed by atoms with van der Waals surface area (Å²) < 4.78 is 6.08. The van der Waals surface area contributed by atoms with Crippen LogP contribution in [0.2, 0.25) is 0 Å². The minimum Gasteiger partial charge on any atom is -0.456 e. The highest BCUT2D eigenvalue weighted by atomic mass is 16.3. The molecule has 0 radical (unpaired) electrons. The molecule has 0 N–H and O–H groups in total. The van der Waals surface area contributed by atoms with Crippen molar-refractivity contribution in [3.8, 4) is 67.3 Å². The van der Waals surface area contributed by atoms with Crippen molar-refractivity contribution in [3.63, 3.8) is 0 Å². The summed E-state index contributed by atoms with van der Waals surface area (Å²) in [6.45, 7) is 2.36. The summed E-state index contributed by atoms with van der Waals surface area (Å²) in [5.41, 5.74) is 17.3. The first kappa shape index (κ1) is 33.0. The summed E-state index contributed by atoms with van der Waals surface area (Å²) in [5, 5.41) is 2.27. The van der Waals surface area contributed by atoms with Gasteiger partial charge in [0.2, 0.25) is 0 Å². The Morgan fingerprint density at radius 2 is 0.965 bits per heavy atom. The number of para-hydroxylation sites is 1. The number of benzene rings is 8. The molecule has 1 unspecified atom stereocenters. The highest BCUT2D eigenvalue weighted by molar-refractivity contribution is 6.06. The molecule has 0 bridgehead atoms. The van der Waals surface area contributed by atoms with Crippen LogP contribution < -0.4 is 0 Å². The lowest BCUT2D eigenvalue weighted by atomic mass is 9.72. The Kier molecular flexibility index (Phi) is 7.61. The van der Waals surface area contributed by atoms with Crippen molar-refractivity contribution in [1.29, 1.82) is 0 Å². The second-order valence-electron chi connectivity index (χ2n) is 15.1. The molecule has 8 aromatic carbocycles. The van der Waals surface area contributed by atoms with Crippen LogP contribution in [0.3, 0.4) is 0 Å². The first-order chi connectivity index (χ1) is 28.1. The lowest BCUT2D eigenvalue weighted by molar-refractivity contribution is 0.669. The van der Waals surface area contributed by atoms with Gasteiger partial charge >= 0.3 is 0 Å². The van der Waals surface area contributed by atoms with Gasteiger partial charge in [-0.1, -0.05) is 170 Å². The maximum atomic E-state index is 6.08. The summed E-state index contributed by atoms with van der Waals surface area (Å²) in [6.07, 6.45) is 0. The minimum absolute atomic E-state index is 0.369. The van der Waals surface area contributed by atoms with Gasteiger partial charge in [0, 0.05) is 32.9 Å². The van der Waals surface area contributed by atoms with Crippen LogP contribution in [0.1, 0.15) is 23.6 Å². The Hall–Kier alpha value is -7.36. The number of hydrogen-bond acceptors (Lipinski definition) is 3. The van der Waals surface area contributed by atoms with Crippen LogP contribution in [0.5, 0.6) is 0 Å². The van der Waals surface area contributed by atoms with E-state index in [-0.39, 0.29) is 5.41 Å². The highest BCUT2D eigenvalue weighted by Crippen LogP contribution is 2.55. The molecule has 2 heterocycles. The van der Waals surface area contributed by atoms with Gasteiger partial charge in [0.15, 0.2) is 5.82 Å². The molecular formula is C54H36N2O. The summed E-state index contributed by atoms with van der Waals surface area (Å²) in [5.74, 6) is 0.703. The molecule has 0 amide bonds. The molecule has 2 aromatic heterocycles. The van der Waals surface area contributed by atoms with Crippen LogP contribution in [-0.4, -0.2) is 9.97 Å². The molecule has 0 saturated heterocycles. The van der Waals surface area contributed by atoms with Gasteiger partial charge in [-0.05, 0) is 87.3 Å². The van der Waals surface area contributed by atoms with Crippen LogP contribution >= 0.6 is 0 Å². The average Bonchev–Trinajstić information content (AvgIpc) is 3.80. The van der Waals surface area contributed by atoms with Gasteiger partial charge in [-0.25, -0.2) is 9.97 Å². The zero-order valence-corrected chi connectivity index (χ0v) is 31.4. The second kappa shape index (κ2) is 13.1. The molecule has 10 aromatic rings. The molecule has 3 heteroatoms. The first-order valence-corrected chi connectivity index (χ1v) is 19.5. The first-order valence-electron chi connectivity index (χ1n) is 19.5. The maximum absolute atomic E-state index is 6.08. The number of fused-ring (bicyclic) bond motifs is 6. The van der Waals surface area contributed by atoms with Crippen molar-refractivity contribution in [2.24, 2.45) is 0 Å². The van der Waals surface area contributed by atoms with Crippen molar-refractivity contribution < 1.29 is 4.42 Å². The lowest BCUT2D eigenvalue weighted by Crippen LogP contribution is -2.23. The maximum Gasteiger partial charge on any atom is 0.160 e. The molecule has 1 aliphatic carbocycles. The molecule has 1 atom stereocenters. The van der Waals surface area contributed by atoms with E-state index in [9.17, 15) is 0 Å². The molecule has 3 nitrogen and oxygen atoms in total. The summed E-state index contributed by atoms with van der Waals surface area (Å²) in [7, 11) is 0. The van der Waals surface area contributed by atoms with E-state index in [4.69, 9.17) is 14.4 Å². The van der Waals surface area contributed by atoms with E-state index in [1.165, 1.54) is 27.8 Å². The molecule has 0 fully saturated rings. The van der Waals surface area contributed by atoms with E-state index in [2.05, 4.69) is 177 Å². The van der Waals surface area contributed by atoms with E-state index in [1.54, 1.807) is 0 Å². The Balaban J connectivity index is 1.02. The van der Waals surface area contributed by atoms with E-state index in [0.717, 1.165) is 72.3 Å². The second-order valence-corrected chi connectivity index (χ2v) is 15.1. The quantitative estimate of drug-likeness (QED) is 0.171. The van der Waals surface area contributed by atoms with Crippen LogP contribution in [0.4, 0.5) is 0 Å². The zero-order valence-electron chi connectivity index (χ0n) is 31.4. The number of aromatic nitrogens is 2. The van der Waals surface area contributed by atoms with E-state index in [1.807, 2.05) is 30.3 Å². The molecule has 0 spiro atoms. The topological polar surface area (TPSA) is 38.9 Å². The predicted molar refractivity (Wildman–Crippen MR) is 234 cm³/mol. The lowest BCUT2D eigenvalue weighted by Gasteiger charge is -2.30. The van der Waals surface area contributed by atoms with Gasteiger partial charge in [-0.3, -0.25) is 0 Å². The molecule has 11 rings (SSSR count). The van der Waals surface area contributed by atoms with Gasteiger partial charge in [0.25, 0.3) is 0 Å². The predicted octanol–water partition coefficient (Wildman–Crippen LogP) is 14.0. The zero-order chi connectivity index (χ0) is 37.9. The normalized spacial score (nSPS) is 14.5. The van der Waals surface area contributed by atoms with E-state index >= 15 is 0 Å². The Morgan fingerprint density at radius 1 is 0.386 bits per heavy atom. The largest absolute Gasteiger partial charge is 0.456 e. The van der Waals surface area contributed by atoms with Crippen molar-refractivity contribution in [3.05, 3.63) is 217 Å². The van der Waals surface area contributed by atoms with Crippen LogP contribution in [-0.2, 0) is 5.41 Å². The SMILES string of the molecule is CC1(c2ccccc2)c2ccccc2-c2cccc(-c3cc(-c4cccc(-c5ccc(-c6ccc7oc8ccccc8c7c6)cc5)c4)nc(-c4ccccc4)n3)c21. The number of nitrogens with zero attached hydrogens (tertiary/aromatic N) is 2. The highest BCUT2D eigenvalue weighted by Gasteiger charge is 2.42. The van der Waals surface area contributed by atoms with Gasteiger partial charge in [-0.15, -0.1) is 0 Å². The number of rotatable bonds is 6. The third-order valence-corrected chi connectivity index (χ3v) is 11.8. The monoisotopic (exact) mass is 728 g/mol. The summed E-state index contributed by atoms with van der Waals surface area (Å²) >= 11 is 0. The number of hydrogen-bond donors (Lipinski definition) is 0. The fourth-order valence-corrected chi connectivity index (χ4v) is 8.96. The van der Waals surface area contributed by atoms with E-state index in [0.29, 0.717) is 5.82 Å². The third-order valence-electron chi connectivity index (χ3n) is 11.8. The smallest absolute Gasteiger partial charge is 0.160 e. The molecule has 0 aliphatic heterocycles. The fourth-order valence-electron chi connectivity index (χ4n) is 8.96. The Morgan fingerprint density at radius 3 is 1.79 bits per heavy atom. The van der Waals surface area contributed by atoms with Crippen molar-refractivity contribution in [2.75, 3.05) is 0 Å². The Bertz CT molecular complexity index is 3130. The summed E-state index contributed by atoms with van der Waals surface area (Å²) in [6, 6.07) is 71.1. The Labute approximate surface area is 331 Å². The molecule has 268 valence electrons. The van der Waals surface area contributed by atoms with Gasteiger partial charge in [0.05, 0.1) is 11.4 Å². The van der Waals surface area contributed by atoms with Crippen molar-refractivity contribution in [1.82, 2.24) is 9.97 Å². The molecule has 0 saturated carbocycles. The van der Waals surface area contributed by atoms with E-state index < -0.39 is 0 Å². The number of furan rings is 1. The van der Waals surface area contributed by atoms with Gasteiger partial charge in [-0.2, -0.15) is 0 Å². The van der Waals surface area contributed by atoms with Crippen LogP contribution in [0, 0.1) is 0 Å². The van der Waals surface area contributed by atoms with Crippen LogP contribution in [0.25, 0.3) is 89.2 Å². The van der Waals surface area contributed by atoms with Gasteiger partial charge in [0.1, 0.15) is 11.2 Å². The molecular weight excluding hydrogens is 693 g/mol. The fraction of sp³-hybridized carbons (Fsp3) is 0.0370. The van der Waals surface area contributed by atoms with Gasteiger partial charge < -0.3 is 4.42 Å². The summed E-state index contributed by atoms with van der Waals surface area (Å²) in [4.78, 5) is 10.6. The molecule has 57 heavy (non-hydrogen) atoms. The van der Waals surface area contributed by atoms with Crippen LogP contribution in [0.15, 0.2) is 205 Å². The third kappa shape index (κ3) is 5.43. The minimum atomic E-state index is -0.369. The van der Waals surface area contributed by atoms with Crippen molar-refractivity contribution >= 4 is 21.9 Å².